The fraction of sp³-hybridized carbons (Fsp3) is 0.471. The average molecular weight is 269 g/mol. The van der Waals surface area contributed by atoms with Gasteiger partial charge in [0.05, 0.1) is 6.20 Å². The lowest BCUT2D eigenvalue weighted by Crippen LogP contribution is -2.35. The summed E-state index contributed by atoms with van der Waals surface area (Å²) in [5.41, 5.74) is 4.01. The summed E-state index contributed by atoms with van der Waals surface area (Å²) in [6, 6.07) is 10.9. The van der Waals surface area contributed by atoms with Gasteiger partial charge in [-0.1, -0.05) is 30.3 Å². The van der Waals surface area contributed by atoms with Crippen LogP contribution in [0, 0.1) is 12.8 Å². The summed E-state index contributed by atoms with van der Waals surface area (Å²) >= 11 is 0. The van der Waals surface area contributed by atoms with E-state index in [0.29, 0.717) is 0 Å². The van der Waals surface area contributed by atoms with Gasteiger partial charge in [0, 0.05) is 24.3 Å². The third-order valence-corrected chi connectivity index (χ3v) is 4.30. The van der Waals surface area contributed by atoms with Crippen LogP contribution >= 0.6 is 0 Å². The van der Waals surface area contributed by atoms with Crippen LogP contribution < -0.4 is 0 Å². The van der Waals surface area contributed by atoms with E-state index >= 15 is 0 Å². The molecule has 0 bridgehead atoms. The van der Waals surface area contributed by atoms with Gasteiger partial charge in [-0.3, -0.25) is 10.00 Å². The number of likely N-dealkylation sites (tertiary alicyclic amines) is 1. The number of aromatic nitrogens is 2. The molecule has 0 saturated carbocycles. The maximum Gasteiger partial charge on any atom is 0.0535 e. The van der Waals surface area contributed by atoms with Gasteiger partial charge in [-0.15, -0.1) is 0 Å². The molecule has 0 spiro atoms. The number of nitrogens with zero attached hydrogens (tertiary/aromatic N) is 2. The van der Waals surface area contributed by atoms with Gasteiger partial charge >= 0.3 is 0 Å². The van der Waals surface area contributed by atoms with Crippen molar-refractivity contribution in [3.05, 3.63) is 53.3 Å². The van der Waals surface area contributed by atoms with E-state index in [9.17, 15) is 0 Å². The van der Waals surface area contributed by atoms with Crippen molar-refractivity contribution in [1.29, 1.82) is 0 Å². The summed E-state index contributed by atoms with van der Waals surface area (Å²) in [5, 5.41) is 7.15. The molecule has 1 fully saturated rings. The van der Waals surface area contributed by atoms with Crippen LogP contribution in [0.4, 0.5) is 0 Å². The van der Waals surface area contributed by atoms with Gasteiger partial charge in [0.1, 0.15) is 0 Å². The van der Waals surface area contributed by atoms with E-state index in [2.05, 4.69) is 52.4 Å². The molecule has 1 aliphatic heterocycles. The second kappa shape index (κ2) is 6.23. The highest BCUT2D eigenvalue weighted by Gasteiger charge is 2.20. The molecule has 1 N–H and O–H groups in total. The molecular formula is C17H23N3. The summed E-state index contributed by atoms with van der Waals surface area (Å²) in [5.74, 6) is 0.790. The zero-order valence-electron chi connectivity index (χ0n) is 12.2. The van der Waals surface area contributed by atoms with E-state index in [1.165, 1.54) is 49.2 Å². The van der Waals surface area contributed by atoms with E-state index in [0.717, 1.165) is 12.5 Å². The predicted octanol–water partition coefficient (Wildman–Crippen LogP) is 3.17. The Morgan fingerprint density at radius 3 is 2.90 bits per heavy atom. The minimum Gasteiger partial charge on any atom is -0.299 e. The highest BCUT2D eigenvalue weighted by atomic mass is 15.2. The number of aromatic amines is 1. The fourth-order valence-electron chi connectivity index (χ4n) is 3.18. The largest absolute Gasteiger partial charge is 0.299 e. The Kier molecular flexibility index (Phi) is 4.16. The molecule has 20 heavy (non-hydrogen) atoms. The molecule has 1 aliphatic rings. The number of hydrogen-bond donors (Lipinski definition) is 1. The summed E-state index contributed by atoms with van der Waals surface area (Å²) in [7, 11) is 0. The second-order valence-corrected chi connectivity index (χ2v) is 5.95. The molecule has 1 unspecified atom stereocenters. The molecule has 3 heteroatoms. The van der Waals surface area contributed by atoms with Crippen LogP contribution in [-0.2, 0) is 13.0 Å². The van der Waals surface area contributed by atoms with Crippen molar-refractivity contribution in [1.82, 2.24) is 15.1 Å². The maximum atomic E-state index is 4.12. The monoisotopic (exact) mass is 269 g/mol. The lowest BCUT2D eigenvalue weighted by Gasteiger charge is -2.32. The summed E-state index contributed by atoms with van der Waals surface area (Å²) < 4.78 is 0. The number of benzene rings is 1. The Labute approximate surface area is 121 Å². The van der Waals surface area contributed by atoms with Crippen molar-refractivity contribution in [3.8, 4) is 0 Å². The van der Waals surface area contributed by atoms with Gasteiger partial charge in [0.2, 0.25) is 0 Å². The van der Waals surface area contributed by atoms with E-state index in [1.54, 1.807) is 0 Å². The number of hydrogen-bond acceptors (Lipinski definition) is 2. The predicted molar refractivity (Wildman–Crippen MR) is 81.5 cm³/mol. The number of piperidine rings is 1. The summed E-state index contributed by atoms with van der Waals surface area (Å²) in [4.78, 5) is 2.58. The summed E-state index contributed by atoms with van der Waals surface area (Å²) in [6.45, 7) is 5.57. The van der Waals surface area contributed by atoms with Crippen molar-refractivity contribution in [2.75, 3.05) is 13.1 Å². The molecular weight excluding hydrogens is 246 g/mol. The molecule has 1 atom stereocenters. The topological polar surface area (TPSA) is 31.9 Å². The lowest BCUT2D eigenvalue weighted by atomic mass is 9.91. The van der Waals surface area contributed by atoms with Gasteiger partial charge in [-0.2, -0.15) is 5.10 Å². The minimum atomic E-state index is 0.790. The number of aryl methyl sites for hydroxylation is 1. The van der Waals surface area contributed by atoms with Crippen LogP contribution in [-0.4, -0.2) is 28.2 Å². The van der Waals surface area contributed by atoms with Crippen LogP contribution in [0.5, 0.6) is 0 Å². The first-order valence-electron chi connectivity index (χ1n) is 7.56. The quantitative estimate of drug-likeness (QED) is 0.924. The molecule has 1 saturated heterocycles. The van der Waals surface area contributed by atoms with Crippen molar-refractivity contribution in [2.24, 2.45) is 5.92 Å². The van der Waals surface area contributed by atoms with Gasteiger partial charge < -0.3 is 0 Å². The Bertz CT molecular complexity index is 532. The van der Waals surface area contributed by atoms with Crippen molar-refractivity contribution >= 4 is 0 Å². The fourth-order valence-corrected chi connectivity index (χ4v) is 3.18. The highest BCUT2D eigenvalue weighted by Crippen LogP contribution is 2.22. The number of nitrogens with one attached hydrogen (secondary N) is 1. The Hall–Kier alpha value is -1.61. The van der Waals surface area contributed by atoms with E-state index in [4.69, 9.17) is 0 Å². The van der Waals surface area contributed by atoms with Crippen LogP contribution in [0.3, 0.4) is 0 Å². The molecule has 0 aliphatic carbocycles. The standard InChI is InChI=1S/C17H23N3/c1-14-17(11-18-19-14)13-20-9-5-8-16(12-20)10-15-6-3-2-4-7-15/h2-4,6-7,11,16H,5,8-10,12-13H2,1H3,(H,18,19). The van der Waals surface area contributed by atoms with Crippen LogP contribution in [0.2, 0.25) is 0 Å². The molecule has 1 aromatic carbocycles. The second-order valence-electron chi connectivity index (χ2n) is 5.95. The molecule has 3 rings (SSSR count). The molecule has 2 aromatic rings. The molecule has 0 radical (unpaired) electrons. The first-order valence-corrected chi connectivity index (χ1v) is 7.56. The van der Waals surface area contributed by atoms with Gasteiger partial charge in [0.15, 0.2) is 0 Å². The molecule has 1 aromatic heterocycles. The third kappa shape index (κ3) is 3.28. The molecule has 2 heterocycles. The average Bonchev–Trinajstić information content (AvgIpc) is 2.86. The molecule has 106 valence electrons. The minimum absolute atomic E-state index is 0.790. The first kappa shape index (κ1) is 13.4. The maximum absolute atomic E-state index is 4.12. The van der Waals surface area contributed by atoms with E-state index in [1.807, 2.05) is 6.20 Å². The SMILES string of the molecule is Cc1[nH]ncc1CN1CCCC(Cc2ccccc2)C1. The Morgan fingerprint density at radius 2 is 2.15 bits per heavy atom. The lowest BCUT2D eigenvalue weighted by molar-refractivity contribution is 0.167. The Balaban J connectivity index is 1.58. The van der Waals surface area contributed by atoms with E-state index in [-0.39, 0.29) is 0 Å². The zero-order valence-corrected chi connectivity index (χ0v) is 12.2. The Morgan fingerprint density at radius 1 is 1.30 bits per heavy atom. The van der Waals surface area contributed by atoms with Crippen LogP contribution in [0.15, 0.2) is 36.5 Å². The van der Waals surface area contributed by atoms with Crippen LogP contribution in [0.25, 0.3) is 0 Å². The third-order valence-electron chi connectivity index (χ3n) is 4.30. The van der Waals surface area contributed by atoms with Crippen molar-refractivity contribution in [3.63, 3.8) is 0 Å². The molecule has 0 amide bonds. The van der Waals surface area contributed by atoms with Gasteiger partial charge in [0.25, 0.3) is 0 Å². The number of H-pyrrole nitrogens is 1. The van der Waals surface area contributed by atoms with Crippen molar-refractivity contribution < 1.29 is 0 Å². The van der Waals surface area contributed by atoms with Gasteiger partial charge in [-0.25, -0.2) is 0 Å². The normalized spacial score (nSPS) is 20.1. The van der Waals surface area contributed by atoms with Crippen LogP contribution in [0.1, 0.15) is 29.7 Å². The zero-order chi connectivity index (χ0) is 13.8. The van der Waals surface area contributed by atoms with E-state index < -0.39 is 0 Å². The van der Waals surface area contributed by atoms with Gasteiger partial charge in [-0.05, 0) is 44.2 Å². The van der Waals surface area contributed by atoms with Crippen molar-refractivity contribution in [2.45, 2.75) is 32.7 Å². The number of rotatable bonds is 4. The first-order chi connectivity index (χ1) is 9.81. The molecule has 3 nitrogen and oxygen atoms in total. The highest BCUT2D eigenvalue weighted by molar-refractivity contribution is 5.16. The smallest absolute Gasteiger partial charge is 0.0535 e. The summed E-state index contributed by atoms with van der Waals surface area (Å²) in [6.07, 6.45) is 5.85.